The summed E-state index contributed by atoms with van der Waals surface area (Å²) in [5.74, 6) is -2.80. The van der Waals surface area contributed by atoms with Gasteiger partial charge in [0.2, 0.25) is 5.91 Å². The molecular weight excluding hydrogens is 505 g/mol. The number of anilines is 2. The van der Waals surface area contributed by atoms with Gasteiger partial charge in [-0.1, -0.05) is 40.2 Å². The number of alkyl halides is 4. The van der Waals surface area contributed by atoms with Crippen molar-refractivity contribution in [2.24, 2.45) is 23.7 Å². The minimum Gasteiger partial charge on any atom is -0.461 e. The van der Waals surface area contributed by atoms with Crippen LogP contribution < -0.4 is 10.6 Å². The van der Waals surface area contributed by atoms with Crippen molar-refractivity contribution in [2.45, 2.75) is 23.5 Å². The van der Waals surface area contributed by atoms with E-state index in [1.54, 1.807) is 12.1 Å². The third-order valence-corrected chi connectivity index (χ3v) is 7.94. The Kier molecular flexibility index (Phi) is 5.23. The van der Waals surface area contributed by atoms with Crippen molar-refractivity contribution in [3.8, 4) is 0 Å². The number of carbonyl (C=O) groups excluding carboxylic acids is 3. The van der Waals surface area contributed by atoms with E-state index < -0.39 is 35.4 Å². The Hall–Kier alpha value is -2.88. The molecule has 0 radical (unpaired) electrons. The second kappa shape index (κ2) is 7.86. The molecule has 0 aromatic heterocycles. The number of rotatable bonds is 4. The second-order valence-electron chi connectivity index (χ2n) is 8.49. The maximum absolute atomic E-state index is 13.3. The molecule has 1 heterocycles. The fourth-order valence-electron chi connectivity index (χ4n) is 5.37. The predicted octanol–water partition coefficient (Wildman–Crippen LogP) is 4.47. The molecular formula is C23H18BrF3N2O4. The number of benzene rings is 2. The summed E-state index contributed by atoms with van der Waals surface area (Å²) in [6.45, 7) is 0. The third-order valence-electron chi connectivity index (χ3n) is 6.74. The summed E-state index contributed by atoms with van der Waals surface area (Å²) >= 11 is 3.55. The summed E-state index contributed by atoms with van der Waals surface area (Å²) in [4.78, 5) is 38.3. The van der Waals surface area contributed by atoms with E-state index in [1.807, 2.05) is 0 Å². The van der Waals surface area contributed by atoms with Crippen molar-refractivity contribution >= 4 is 45.1 Å². The Balaban J connectivity index is 1.38. The van der Waals surface area contributed by atoms with Crippen LogP contribution in [-0.4, -0.2) is 28.7 Å². The molecule has 3 aliphatic rings. The fraction of sp³-hybridized carbons (Fsp3) is 0.348. The van der Waals surface area contributed by atoms with Crippen LogP contribution >= 0.6 is 15.9 Å². The van der Waals surface area contributed by atoms with Gasteiger partial charge >= 0.3 is 12.1 Å². The van der Waals surface area contributed by atoms with Gasteiger partial charge < -0.3 is 15.4 Å². The Morgan fingerprint density at radius 1 is 0.970 bits per heavy atom. The average Bonchev–Trinajstić information content (AvgIpc) is 3.38. The SMILES string of the molecule is O=C(Nc1ccccc1C(F)(F)F)c1ccccc1NC(=O)[C@@H]1[C@H]2C[C@H]3[C@H](OC(=O)[C@H]31)[C@H]2Br. The van der Waals surface area contributed by atoms with E-state index >= 15 is 0 Å². The van der Waals surface area contributed by atoms with Gasteiger partial charge in [-0.05, 0) is 36.6 Å². The summed E-state index contributed by atoms with van der Waals surface area (Å²) in [6, 6.07) is 10.7. The minimum atomic E-state index is -4.64. The first-order chi connectivity index (χ1) is 15.7. The number of amides is 2. The number of nitrogens with one attached hydrogen (secondary N) is 2. The predicted molar refractivity (Wildman–Crippen MR) is 116 cm³/mol. The van der Waals surface area contributed by atoms with Crippen molar-refractivity contribution in [3.63, 3.8) is 0 Å². The van der Waals surface area contributed by atoms with E-state index in [-0.39, 0.29) is 45.7 Å². The molecule has 1 aliphatic heterocycles. The van der Waals surface area contributed by atoms with Crippen molar-refractivity contribution in [1.29, 1.82) is 0 Å². The van der Waals surface area contributed by atoms with Crippen LogP contribution in [0.1, 0.15) is 22.3 Å². The number of esters is 1. The van der Waals surface area contributed by atoms with Gasteiger partial charge in [-0.2, -0.15) is 13.2 Å². The van der Waals surface area contributed by atoms with E-state index in [4.69, 9.17) is 4.74 Å². The number of hydrogen-bond acceptors (Lipinski definition) is 4. The Bertz CT molecular complexity index is 1150. The van der Waals surface area contributed by atoms with Crippen molar-refractivity contribution in [1.82, 2.24) is 0 Å². The molecule has 2 amide bonds. The Morgan fingerprint density at radius 2 is 1.64 bits per heavy atom. The Morgan fingerprint density at radius 3 is 2.36 bits per heavy atom. The smallest absolute Gasteiger partial charge is 0.418 e. The normalized spacial score (nSPS) is 29.6. The van der Waals surface area contributed by atoms with Gasteiger partial charge in [0.15, 0.2) is 0 Å². The Labute approximate surface area is 195 Å². The number of hydrogen-bond donors (Lipinski definition) is 2. The van der Waals surface area contributed by atoms with Crippen LogP contribution in [0.2, 0.25) is 0 Å². The molecule has 2 aromatic rings. The third kappa shape index (κ3) is 3.60. The van der Waals surface area contributed by atoms with Crippen LogP contribution in [0, 0.1) is 23.7 Å². The number of halogens is 4. The highest BCUT2D eigenvalue weighted by Crippen LogP contribution is 2.60. The summed E-state index contributed by atoms with van der Waals surface area (Å²) in [5.41, 5.74) is -1.19. The highest BCUT2D eigenvalue weighted by atomic mass is 79.9. The molecule has 0 spiro atoms. The lowest BCUT2D eigenvalue weighted by Gasteiger charge is -2.27. The molecule has 5 rings (SSSR count). The van der Waals surface area contributed by atoms with Crippen LogP contribution in [0.4, 0.5) is 24.5 Å². The van der Waals surface area contributed by atoms with Crippen molar-refractivity contribution in [3.05, 3.63) is 59.7 Å². The summed E-state index contributed by atoms with van der Waals surface area (Å²) in [7, 11) is 0. The summed E-state index contributed by atoms with van der Waals surface area (Å²) < 4.78 is 45.3. The lowest BCUT2D eigenvalue weighted by molar-refractivity contribution is -0.145. The maximum atomic E-state index is 13.3. The first-order valence-electron chi connectivity index (χ1n) is 10.4. The van der Waals surface area contributed by atoms with Crippen LogP contribution in [0.3, 0.4) is 0 Å². The van der Waals surface area contributed by atoms with Gasteiger partial charge in [-0.25, -0.2) is 0 Å². The largest absolute Gasteiger partial charge is 0.461 e. The molecule has 2 aliphatic carbocycles. The lowest BCUT2D eigenvalue weighted by Crippen LogP contribution is -2.40. The van der Waals surface area contributed by atoms with Gasteiger partial charge in [-0.15, -0.1) is 0 Å². The molecule has 6 atom stereocenters. The quantitative estimate of drug-likeness (QED) is 0.458. The average molecular weight is 523 g/mol. The first-order valence-corrected chi connectivity index (χ1v) is 11.3. The molecule has 1 saturated heterocycles. The molecule has 172 valence electrons. The topological polar surface area (TPSA) is 84.5 Å². The zero-order chi connectivity index (χ0) is 23.5. The van der Waals surface area contributed by atoms with Crippen LogP contribution in [-0.2, 0) is 20.5 Å². The molecule has 3 fully saturated rings. The van der Waals surface area contributed by atoms with Gasteiger partial charge in [0.25, 0.3) is 5.91 Å². The van der Waals surface area contributed by atoms with Crippen LogP contribution in [0.5, 0.6) is 0 Å². The zero-order valence-electron chi connectivity index (χ0n) is 16.9. The van der Waals surface area contributed by atoms with Gasteiger partial charge in [0.05, 0.1) is 39.2 Å². The molecule has 2 N–H and O–H groups in total. The van der Waals surface area contributed by atoms with Crippen LogP contribution in [0.25, 0.3) is 0 Å². The van der Waals surface area contributed by atoms with Gasteiger partial charge in [0, 0.05) is 5.92 Å². The molecule has 2 saturated carbocycles. The highest BCUT2D eigenvalue weighted by Gasteiger charge is 2.67. The molecule has 2 bridgehead atoms. The molecule has 10 heteroatoms. The van der Waals surface area contributed by atoms with Gasteiger partial charge in [-0.3, -0.25) is 14.4 Å². The molecule has 6 nitrogen and oxygen atoms in total. The highest BCUT2D eigenvalue weighted by molar-refractivity contribution is 9.09. The fourth-order valence-corrected chi connectivity index (χ4v) is 6.41. The monoisotopic (exact) mass is 522 g/mol. The summed E-state index contributed by atoms with van der Waals surface area (Å²) in [5, 5.41) is 5.01. The van der Waals surface area contributed by atoms with Crippen molar-refractivity contribution in [2.75, 3.05) is 10.6 Å². The lowest BCUT2D eigenvalue weighted by atomic mass is 9.79. The molecule has 0 unspecified atom stereocenters. The number of fused-ring (bicyclic) bond motifs is 1. The molecule has 2 aromatic carbocycles. The minimum absolute atomic E-state index is 0.00764. The summed E-state index contributed by atoms with van der Waals surface area (Å²) in [6.07, 6.45) is -4.16. The van der Waals surface area contributed by atoms with Gasteiger partial charge in [0.1, 0.15) is 6.10 Å². The van der Waals surface area contributed by atoms with Crippen LogP contribution in [0.15, 0.2) is 48.5 Å². The van der Waals surface area contributed by atoms with E-state index in [2.05, 4.69) is 26.6 Å². The second-order valence-corrected chi connectivity index (χ2v) is 9.55. The van der Waals surface area contributed by atoms with E-state index in [0.29, 0.717) is 6.42 Å². The van der Waals surface area contributed by atoms with E-state index in [9.17, 15) is 27.6 Å². The zero-order valence-corrected chi connectivity index (χ0v) is 18.5. The number of carbonyl (C=O) groups is 3. The number of para-hydroxylation sites is 2. The first kappa shape index (κ1) is 21.9. The van der Waals surface area contributed by atoms with E-state index in [1.165, 1.54) is 24.3 Å². The maximum Gasteiger partial charge on any atom is 0.418 e. The van der Waals surface area contributed by atoms with Crippen molar-refractivity contribution < 1.29 is 32.3 Å². The molecule has 33 heavy (non-hydrogen) atoms. The standard InChI is InChI=1S/C23H18BrF3N2O4/c24-18-11-9-12-17(22(32)33-19(12)18)16(11)21(31)28-14-7-3-1-5-10(14)20(30)29-15-8-4-2-6-13(15)23(25,26)27/h1-8,11-12,16-19H,9H2,(H,28,31)(H,29,30)/t11-,12-,16-,17-,18+,19+/m1/s1. The van der Waals surface area contributed by atoms with E-state index in [0.717, 1.165) is 12.1 Å². The number of ether oxygens (including phenoxy) is 1.